The third-order valence-corrected chi connectivity index (χ3v) is 10.1. The van der Waals surface area contributed by atoms with Crippen molar-refractivity contribution in [3.8, 4) is 0 Å². The van der Waals surface area contributed by atoms with Gasteiger partial charge in [0.15, 0.2) is 0 Å². The molecule has 0 unspecified atom stereocenters. The summed E-state index contributed by atoms with van der Waals surface area (Å²) >= 11 is 9.86. The highest BCUT2D eigenvalue weighted by atomic mass is 79.9. The lowest BCUT2D eigenvalue weighted by Crippen LogP contribution is -2.53. The van der Waals surface area contributed by atoms with E-state index in [4.69, 9.17) is 11.6 Å². The molecular weight excluding hydrogens is 626 g/mol. The van der Waals surface area contributed by atoms with Crippen molar-refractivity contribution in [1.82, 2.24) is 10.2 Å². The molecule has 1 N–H and O–H groups in total. The molecule has 1 aliphatic rings. The van der Waals surface area contributed by atoms with E-state index in [0.29, 0.717) is 5.02 Å². The van der Waals surface area contributed by atoms with Gasteiger partial charge in [0.2, 0.25) is 11.8 Å². The summed E-state index contributed by atoms with van der Waals surface area (Å²) in [6, 6.07) is 19.6. The van der Waals surface area contributed by atoms with E-state index in [1.165, 1.54) is 17.0 Å². The van der Waals surface area contributed by atoms with Gasteiger partial charge < -0.3 is 10.2 Å². The quantitative estimate of drug-likeness (QED) is 0.270. The summed E-state index contributed by atoms with van der Waals surface area (Å²) in [5.41, 5.74) is 1.85. The molecule has 0 aromatic heterocycles. The number of hydrogen-bond donors (Lipinski definition) is 1. The molecule has 1 saturated carbocycles. The maximum atomic E-state index is 14.1. The molecule has 2 amide bonds. The van der Waals surface area contributed by atoms with Crippen LogP contribution in [0.2, 0.25) is 5.02 Å². The van der Waals surface area contributed by atoms with Gasteiger partial charge in [-0.05, 0) is 74.2 Å². The van der Waals surface area contributed by atoms with Crippen LogP contribution in [0, 0.1) is 6.92 Å². The Kier molecular flexibility index (Phi) is 10.5. The van der Waals surface area contributed by atoms with Gasteiger partial charge in [-0.2, -0.15) is 0 Å². The average Bonchev–Trinajstić information content (AvgIpc) is 2.96. The Morgan fingerprint density at radius 2 is 1.71 bits per heavy atom. The number of amides is 2. The molecule has 218 valence electrons. The van der Waals surface area contributed by atoms with Gasteiger partial charge in [-0.3, -0.25) is 13.9 Å². The molecule has 0 heterocycles. The smallest absolute Gasteiger partial charge is 0.264 e. The normalized spacial score (nSPS) is 14.7. The number of sulfonamides is 1. The number of carbonyl (C=O) groups is 2. The Morgan fingerprint density at radius 3 is 2.37 bits per heavy atom. The summed E-state index contributed by atoms with van der Waals surface area (Å²) in [7, 11) is -4.14. The zero-order valence-electron chi connectivity index (χ0n) is 23.2. The van der Waals surface area contributed by atoms with Crippen LogP contribution >= 0.6 is 27.5 Å². The van der Waals surface area contributed by atoms with Crippen LogP contribution in [-0.4, -0.2) is 43.8 Å². The molecule has 0 radical (unpaired) electrons. The molecule has 10 heteroatoms. The van der Waals surface area contributed by atoms with E-state index in [1.54, 1.807) is 43.3 Å². The van der Waals surface area contributed by atoms with Crippen molar-refractivity contribution < 1.29 is 18.0 Å². The lowest BCUT2D eigenvalue weighted by molar-refractivity contribution is -0.139. The van der Waals surface area contributed by atoms with Crippen molar-refractivity contribution in [3.05, 3.63) is 93.4 Å². The number of benzene rings is 3. The Balaban J connectivity index is 1.68. The van der Waals surface area contributed by atoms with Crippen LogP contribution in [-0.2, 0) is 26.2 Å². The number of nitrogens with one attached hydrogen (secondary N) is 1. The third-order valence-electron chi connectivity index (χ3n) is 7.41. The van der Waals surface area contributed by atoms with E-state index in [2.05, 4.69) is 21.2 Å². The molecule has 1 atom stereocenters. The van der Waals surface area contributed by atoms with Gasteiger partial charge in [0.1, 0.15) is 12.6 Å². The summed E-state index contributed by atoms with van der Waals surface area (Å²) in [4.78, 5) is 29.0. The summed E-state index contributed by atoms with van der Waals surface area (Å²) in [5, 5.41) is 3.50. The summed E-state index contributed by atoms with van der Waals surface area (Å²) < 4.78 is 29.7. The molecule has 1 aliphatic carbocycles. The number of aryl methyl sites for hydroxylation is 1. The SMILES string of the molecule is Cc1ccc(N(CC(=O)N(Cc2cccc(Br)c2)[C@H](C)C(=O)NC2CCCCC2)S(=O)(=O)c2ccccc2)cc1Cl. The second-order valence-corrected chi connectivity index (χ2v) is 13.6. The zero-order chi connectivity index (χ0) is 29.6. The molecule has 4 rings (SSSR count). The number of hydrogen-bond acceptors (Lipinski definition) is 4. The summed E-state index contributed by atoms with van der Waals surface area (Å²) in [5.74, 6) is -0.761. The number of halogens is 2. The molecule has 1 fully saturated rings. The largest absolute Gasteiger partial charge is 0.352 e. The molecule has 0 saturated heterocycles. The van der Waals surface area contributed by atoms with Gasteiger partial charge in [-0.25, -0.2) is 8.42 Å². The molecular formula is C31H35BrClN3O4S. The lowest BCUT2D eigenvalue weighted by atomic mass is 9.95. The Hall–Kier alpha value is -2.88. The number of nitrogens with zero attached hydrogens (tertiary/aromatic N) is 2. The zero-order valence-corrected chi connectivity index (χ0v) is 26.4. The molecule has 3 aromatic carbocycles. The topological polar surface area (TPSA) is 86.8 Å². The van der Waals surface area contributed by atoms with Crippen LogP contribution in [0.3, 0.4) is 0 Å². The second-order valence-electron chi connectivity index (χ2n) is 10.4. The maximum Gasteiger partial charge on any atom is 0.264 e. The van der Waals surface area contributed by atoms with E-state index >= 15 is 0 Å². The van der Waals surface area contributed by atoms with Gasteiger partial charge in [-0.1, -0.05) is 83.2 Å². The minimum atomic E-state index is -4.14. The first-order chi connectivity index (χ1) is 19.6. The van der Waals surface area contributed by atoms with Crippen LogP contribution in [0.15, 0.2) is 82.2 Å². The predicted octanol–water partition coefficient (Wildman–Crippen LogP) is 6.47. The fourth-order valence-electron chi connectivity index (χ4n) is 4.97. The van der Waals surface area contributed by atoms with Crippen LogP contribution in [0.5, 0.6) is 0 Å². The first kappa shape index (κ1) is 31.1. The average molecular weight is 661 g/mol. The number of anilines is 1. The van der Waals surface area contributed by atoms with E-state index in [1.807, 2.05) is 31.2 Å². The fourth-order valence-corrected chi connectivity index (χ4v) is 7.02. The van der Waals surface area contributed by atoms with Crippen molar-refractivity contribution in [3.63, 3.8) is 0 Å². The van der Waals surface area contributed by atoms with Gasteiger partial charge in [0.05, 0.1) is 10.6 Å². The standard InChI is InChI=1S/C31H35BrClN3O4S/c1-22-16-17-27(19-29(22)33)36(41(39,40)28-14-7-4-8-15-28)21-30(37)35(20-24-10-9-11-25(32)18-24)23(2)31(38)34-26-12-5-3-6-13-26/h4,7-11,14-19,23,26H,3,5-6,12-13,20-21H2,1-2H3,(H,34,38)/t23-/m1/s1. The fraction of sp³-hybridized carbons (Fsp3) is 0.355. The van der Waals surface area contributed by atoms with Crippen LogP contribution < -0.4 is 9.62 Å². The maximum absolute atomic E-state index is 14.1. The summed E-state index contributed by atoms with van der Waals surface area (Å²) in [6.45, 7) is 3.13. The molecule has 3 aromatic rings. The van der Waals surface area contributed by atoms with E-state index in [9.17, 15) is 18.0 Å². The number of carbonyl (C=O) groups excluding carboxylic acids is 2. The highest BCUT2D eigenvalue weighted by Gasteiger charge is 2.33. The molecule has 0 bridgehead atoms. The number of rotatable bonds is 10. The predicted molar refractivity (Wildman–Crippen MR) is 166 cm³/mol. The van der Waals surface area contributed by atoms with Crippen molar-refractivity contribution in [1.29, 1.82) is 0 Å². The minimum Gasteiger partial charge on any atom is -0.352 e. The highest BCUT2D eigenvalue weighted by Crippen LogP contribution is 2.29. The first-order valence-corrected chi connectivity index (χ1v) is 16.4. The van der Waals surface area contributed by atoms with Crippen molar-refractivity contribution in [2.75, 3.05) is 10.8 Å². The van der Waals surface area contributed by atoms with Gasteiger partial charge >= 0.3 is 0 Å². The molecule has 0 aliphatic heterocycles. The van der Waals surface area contributed by atoms with Gasteiger partial charge in [0.25, 0.3) is 10.0 Å². The molecule has 41 heavy (non-hydrogen) atoms. The van der Waals surface area contributed by atoms with Gasteiger partial charge in [0, 0.05) is 22.1 Å². The van der Waals surface area contributed by atoms with Crippen molar-refractivity contribution >= 4 is 55.1 Å². The highest BCUT2D eigenvalue weighted by molar-refractivity contribution is 9.10. The monoisotopic (exact) mass is 659 g/mol. The second kappa shape index (κ2) is 13.9. The molecule has 7 nitrogen and oxygen atoms in total. The van der Waals surface area contributed by atoms with Crippen LogP contribution in [0.25, 0.3) is 0 Å². The minimum absolute atomic E-state index is 0.0473. The van der Waals surface area contributed by atoms with Gasteiger partial charge in [-0.15, -0.1) is 0 Å². The Labute approximate surface area is 256 Å². The van der Waals surface area contributed by atoms with Crippen LogP contribution in [0.1, 0.15) is 50.2 Å². The van der Waals surface area contributed by atoms with E-state index in [-0.39, 0.29) is 29.1 Å². The lowest BCUT2D eigenvalue weighted by Gasteiger charge is -2.33. The molecule has 0 spiro atoms. The Bertz CT molecular complexity index is 1480. The van der Waals surface area contributed by atoms with Crippen molar-refractivity contribution in [2.45, 2.75) is 69.5 Å². The third kappa shape index (κ3) is 7.90. The summed E-state index contributed by atoms with van der Waals surface area (Å²) in [6.07, 6.45) is 5.10. The Morgan fingerprint density at radius 1 is 1.00 bits per heavy atom. The first-order valence-electron chi connectivity index (χ1n) is 13.7. The van der Waals surface area contributed by atoms with E-state index in [0.717, 1.165) is 52.0 Å². The van der Waals surface area contributed by atoms with Crippen LogP contribution in [0.4, 0.5) is 5.69 Å². The van der Waals surface area contributed by atoms with E-state index < -0.39 is 28.5 Å². The van der Waals surface area contributed by atoms with Crippen molar-refractivity contribution in [2.24, 2.45) is 0 Å².